The van der Waals surface area contributed by atoms with Gasteiger partial charge in [0.25, 0.3) is 11.6 Å². The molecule has 1 aliphatic heterocycles. The van der Waals surface area contributed by atoms with Crippen LogP contribution >= 0.6 is 35.6 Å². The molecule has 0 aromatic heterocycles. The van der Waals surface area contributed by atoms with Crippen molar-refractivity contribution in [1.29, 1.82) is 0 Å². The lowest BCUT2D eigenvalue weighted by molar-refractivity contribution is -0.385. The number of halogens is 1. The third kappa shape index (κ3) is 3.19. The van der Waals surface area contributed by atoms with Crippen LogP contribution in [0.15, 0.2) is 53.4 Å². The van der Waals surface area contributed by atoms with E-state index in [1.807, 2.05) is 0 Å². The standard InChI is InChI=1S/C16H9ClN2O3S2/c17-11-5-3-6-12(9-11)18-15(20)14(24-16(18)23)8-10-4-1-2-7-13(10)19(21)22/h1-9H/b14-8-. The van der Waals surface area contributed by atoms with Crippen molar-refractivity contribution in [1.82, 2.24) is 0 Å². The van der Waals surface area contributed by atoms with Gasteiger partial charge in [-0.3, -0.25) is 19.8 Å². The molecule has 1 aliphatic rings. The van der Waals surface area contributed by atoms with E-state index in [4.69, 9.17) is 23.8 Å². The molecule has 3 rings (SSSR count). The molecule has 24 heavy (non-hydrogen) atoms. The molecule has 5 nitrogen and oxygen atoms in total. The van der Waals surface area contributed by atoms with Crippen LogP contribution < -0.4 is 4.90 Å². The lowest BCUT2D eigenvalue weighted by Gasteiger charge is -2.14. The van der Waals surface area contributed by atoms with E-state index in [9.17, 15) is 14.9 Å². The Morgan fingerprint density at radius 1 is 1.21 bits per heavy atom. The number of benzene rings is 2. The van der Waals surface area contributed by atoms with Gasteiger partial charge in [-0.05, 0) is 30.3 Å². The van der Waals surface area contributed by atoms with Crippen molar-refractivity contribution in [2.24, 2.45) is 0 Å². The van der Waals surface area contributed by atoms with E-state index in [-0.39, 0.29) is 11.6 Å². The molecule has 0 aliphatic carbocycles. The van der Waals surface area contributed by atoms with Crippen LogP contribution in [0.1, 0.15) is 5.56 Å². The summed E-state index contributed by atoms with van der Waals surface area (Å²) in [6, 6.07) is 13.0. The maximum atomic E-state index is 12.6. The summed E-state index contributed by atoms with van der Waals surface area (Å²) in [5.74, 6) is -0.328. The molecule has 2 aromatic rings. The lowest BCUT2D eigenvalue weighted by atomic mass is 10.1. The fraction of sp³-hybridized carbons (Fsp3) is 0. The van der Waals surface area contributed by atoms with Crippen LogP contribution in [-0.4, -0.2) is 15.2 Å². The van der Waals surface area contributed by atoms with Gasteiger partial charge in [-0.15, -0.1) is 0 Å². The van der Waals surface area contributed by atoms with E-state index >= 15 is 0 Å². The topological polar surface area (TPSA) is 63.4 Å². The molecule has 0 bridgehead atoms. The summed E-state index contributed by atoms with van der Waals surface area (Å²) < 4.78 is 0.354. The monoisotopic (exact) mass is 376 g/mol. The van der Waals surface area contributed by atoms with Gasteiger partial charge in [0.2, 0.25) is 0 Å². The Bertz CT molecular complexity index is 898. The molecule has 120 valence electrons. The quantitative estimate of drug-likeness (QED) is 0.337. The highest BCUT2D eigenvalue weighted by Crippen LogP contribution is 2.37. The summed E-state index contributed by atoms with van der Waals surface area (Å²) in [6.07, 6.45) is 1.49. The van der Waals surface area contributed by atoms with E-state index in [2.05, 4.69) is 0 Å². The van der Waals surface area contributed by atoms with Gasteiger partial charge in [0.1, 0.15) is 0 Å². The Morgan fingerprint density at radius 2 is 1.96 bits per heavy atom. The predicted molar refractivity (Wildman–Crippen MR) is 100 cm³/mol. The predicted octanol–water partition coefficient (Wildman–Crippen LogP) is 4.65. The molecule has 0 atom stereocenters. The van der Waals surface area contributed by atoms with Gasteiger partial charge in [0.05, 0.1) is 21.1 Å². The fourth-order valence-corrected chi connectivity index (χ4v) is 3.70. The molecule has 1 saturated heterocycles. The molecule has 1 heterocycles. The van der Waals surface area contributed by atoms with Crippen LogP contribution in [0.4, 0.5) is 11.4 Å². The van der Waals surface area contributed by atoms with E-state index < -0.39 is 4.92 Å². The Hall–Kier alpha value is -2.22. The van der Waals surface area contributed by atoms with Crippen molar-refractivity contribution < 1.29 is 9.72 Å². The minimum Gasteiger partial charge on any atom is -0.268 e. The fourth-order valence-electron chi connectivity index (χ4n) is 2.22. The van der Waals surface area contributed by atoms with Crippen molar-refractivity contribution in [3.63, 3.8) is 0 Å². The first-order chi connectivity index (χ1) is 11.5. The molecule has 0 radical (unpaired) electrons. The SMILES string of the molecule is O=C1/C(=C/c2ccccc2[N+](=O)[O-])SC(=S)N1c1cccc(Cl)c1. The van der Waals surface area contributed by atoms with Gasteiger partial charge in [-0.1, -0.05) is 53.8 Å². The molecule has 0 spiro atoms. The second-order valence-electron chi connectivity index (χ2n) is 4.81. The minimum atomic E-state index is -0.483. The number of rotatable bonds is 3. The zero-order valence-corrected chi connectivity index (χ0v) is 14.4. The first-order valence-corrected chi connectivity index (χ1v) is 8.34. The normalized spacial score (nSPS) is 16.0. The number of nitrogens with zero attached hydrogens (tertiary/aromatic N) is 2. The van der Waals surface area contributed by atoms with Crippen LogP contribution in [0.3, 0.4) is 0 Å². The molecule has 2 aromatic carbocycles. The number of anilines is 1. The van der Waals surface area contributed by atoms with Crippen LogP contribution in [0.2, 0.25) is 5.02 Å². The molecule has 0 saturated carbocycles. The number of para-hydroxylation sites is 1. The Labute approximate surface area is 152 Å². The summed E-state index contributed by atoms with van der Waals surface area (Å²) in [6.45, 7) is 0. The van der Waals surface area contributed by atoms with E-state index in [0.29, 0.717) is 25.5 Å². The van der Waals surface area contributed by atoms with Crippen molar-refractivity contribution >= 4 is 63.3 Å². The van der Waals surface area contributed by atoms with Crippen LogP contribution in [0.5, 0.6) is 0 Å². The first-order valence-electron chi connectivity index (χ1n) is 6.74. The number of carbonyl (C=O) groups excluding carboxylic acids is 1. The first kappa shape index (κ1) is 16.6. The third-order valence-electron chi connectivity index (χ3n) is 3.28. The average molecular weight is 377 g/mol. The van der Waals surface area contributed by atoms with Crippen molar-refractivity contribution in [2.75, 3.05) is 4.90 Å². The summed E-state index contributed by atoms with van der Waals surface area (Å²) in [5.41, 5.74) is 0.857. The second kappa shape index (κ2) is 6.72. The van der Waals surface area contributed by atoms with E-state index in [1.54, 1.807) is 42.5 Å². The number of carbonyl (C=O) groups is 1. The molecule has 0 N–H and O–H groups in total. The molecule has 1 amide bonds. The number of nitro groups is 1. The van der Waals surface area contributed by atoms with Crippen molar-refractivity contribution in [3.05, 3.63) is 74.1 Å². The van der Waals surface area contributed by atoms with Crippen LogP contribution in [0, 0.1) is 10.1 Å². The Kier molecular flexibility index (Phi) is 4.66. The number of amides is 1. The number of nitro benzene ring substituents is 1. The second-order valence-corrected chi connectivity index (χ2v) is 6.93. The van der Waals surface area contributed by atoms with Gasteiger partial charge < -0.3 is 0 Å². The summed E-state index contributed by atoms with van der Waals surface area (Å²) in [5, 5.41) is 11.6. The van der Waals surface area contributed by atoms with Crippen LogP contribution in [-0.2, 0) is 4.79 Å². The zero-order valence-electron chi connectivity index (χ0n) is 12.0. The molecular weight excluding hydrogens is 368 g/mol. The van der Waals surface area contributed by atoms with Gasteiger partial charge >= 0.3 is 0 Å². The van der Waals surface area contributed by atoms with Crippen molar-refractivity contribution in [3.8, 4) is 0 Å². The summed E-state index contributed by atoms with van der Waals surface area (Å²) >= 11 is 12.3. The number of thioether (sulfide) groups is 1. The van der Waals surface area contributed by atoms with Crippen LogP contribution in [0.25, 0.3) is 6.08 Å². The van der Waals surface area contributed by atoms with Gasteiger partial charge in [-0.2, -0.15) is 0 Å². The molecule has 8 heteroatoms. The Balaban J connectivity index is 1.99. The smallest absolute Gasteiger partial charge is 0.268 e. The van der Waals surface area contributed by atoms with E-state index in [0.717, 1.165) is 11.8 Å². The maximum Gasteiger partial charge on any atom is 0.276 e. The van der Waals surface area contributed by atoms with Gasteiger partial charge in [0, 0.05) is 11.1 Å². The van der Waals surface area contributed by atoms with Gasteiger partial charge in [0.15, 0.2) is 4.32 Å². The summed E-state index contributed by atoms with van der Waals surface area (Å²) in [4.78, 5) is 25.0. The number of hydrogen-bond donors (Lipinski definition) is 0. The number of hydrogen-bond acceptors (Lipinski definition) is 5. The highest BCUT2D eigenvalue weighted by atomic mass is 35.5. The van der Waals surface area contributed by atoms with E-state index in [1.165, 1.54) is 17.0 Å². The molecule has 1 fully saturated rings. The summed E-state index contributed by atoms with van der Waals surface area (Å²) in [7, 11) is 0. The average Bonchev–Trinajstić information content (AvgIpc) is 2.81. The highest BCUT2D eigenvalue weighted by molar-refractivity contribution is 8.27. The highest BCUT2D eigenvalue weighted by Gasteiger charge is 2.33. The number of thiocarbonyl (C=S) groups is 1. The maximum absolute atomic E-state index is 12.6. The molecule has 0 unspecified atom stereocenters. The van der Waals surface area contributed by atoms with Gasteiger partial charge in [-0.25, -0.2) is 0 Å². The third-order valence-corrected chi connectivity index (χ3v) is 4.82. The zero-order chi connectivity index (χ0) is 17.3. The molecular formula is C16H9ClN2O3S2. The largest absolute Gasteiger partial charge is 0.276 e. The lowest BCUT2D eigenvalue weighted by Crippen LogP contribution is -2.27. The Morgan fingerprint density at radius 3 is 2.67 bits per heavy atom. The minimum absolute atomic E-state index is 0.0643. The van der Waals surface area contributed by atoms with Crippen molar-refractivity contribution in [2.45, 2.75) is 0 Å².